The van der Waals surface area contributed by atoms with Gasteiger partial charge in [-0.3, -0.25) is 14.9 Å². The van der Waals surface area contributed by atoms with Gasteiger partial charge in [0.2, 0.25) is 0 Å². The first-order valence-electron chi connectivity index (χ1n) is 6.85. The zero-order valence-electron chi connectivity index (χ0n) is 12.7. The van der Waals surface area contributed by atoms with Crippen molar-refractivity contribution < 1.29 is 14.5 Å². The number of amides is 1. The van der Waals surface area contributed by atoms with Gasteiger partial charge in [-0.25, -0.2) is 0 Å². The van der Waals surface area contributed by atoms with Crippen LogP contribution in [0.15, 0.2) is 54.1 Å². The number of rotatable bonds is 5. The van der Waals surface area contributed by atoms with Crippen molar-refractivity contribution in [1.29, 1.82) is 5.26 Å². The lowest BCUT2D eigenvalue weighted by Gasteiger charge is -2.09. The third-order valence-corrected chi connectivity index (χ3v) is 3.12. The Kier molecular flexibility index (Phi) is 5.26. The Hall–Kier alpha value is -3.66. The summed E-state index contributed by atoms with van der Waals surface area (Å²) in [7, 11) is 1.38. The third-order valence-electron chi connectivity index (χ3n) is 3.12. The summed E-state index contributed by atoms with van der Waals surface area (Å²) in [6.07, 6.45) is 1.43. The van der Waals surface area contributed by atoms with Crippen LogP contribution in [0.25, 0.3) is 6.08 Å². The standard InChI is InChI=1S/C17H13N3O4/c1-24-16-8-7-14(20(22)23)10-15(16)19-17(21)13(11-18)9-12-5-3-2-4-6-12/h2-10H,1H3,(H,19,21)/b13-9+. The largest absolute Gasteiger partial charge is 0.495 e. The fraction of sp³-hybridized carbons (Fsp3) is 0.0588. The molecule has 24 heavy (non-hydrogen) atoms. The predicted molar refractivity (Wildman–Crippen MR) is 88.3 cm³/mol. The molecule has 0 saturated heterocycles. The molecule has 7 nitrogen and oxygen atoms in total. The molecule has 0 spiro atoms. The van der Waals surface area contributed by atoms with Gasteiger partial charge in [0.05, 0.1) is 17.7 Å². The van der Waals surface area contributed by atoms with Crippen LogP contribution in [-0.4, -0.2) is 17.9 Å². The lowest BCUT2D eigenvalue weighted by Crippen LogP contribution is -2.14. The maximum atomic E-state index is 12.3. The van der Waals surface area contributed by atoms with Crippen LogP contribution in [0.1, 0.15) is 5.56 Å². The summed E-state index contributed by atoms with van der Waals surface area (Å²) in [5.41, 5.74) is 0.479. The van der Waals surface area contributed by atoms with Gasteiger partial charge in [-0.15, -0.1) is 0 Å². The SMILES string of the molecule is COc1ccc([N+](=O)[O-])cc1NC(=O)/C(C#N)=C/c1ccccc1. The molecule has 2 aromatic carbocycles. The first-order chi connectivity index (χ1) is 11.5. The maximum absolute atomic E-state index is 12.3. The molecule has 7 heteroatoms. The first kappa shape index (κ1) is 16.7. The number of methoxy groups -OCH3 is 1. The minimum Gasteiger partial charge on any atom is -0.495 e. The first-order valence-corrected chi connectivity index (χ1v) is 6.85. The summed E-state index contributed by atoms with van der Waals surface area (Å²) >= 11 is 0. The molecule has 120 valence electrons. The number of nitrogens with one attached hydrogen (secondary N) is 1. The van der Waals surface area contributed by atoms with Crippen LogP contribution < -0.4 is 10.1 Å². The fourth-order valence-corrected chi connectivity index (χ4v) is 1.96. The summed E-state index contributed by atoms with van der Waals surface area (Å²) in [5.74, 6) is -0.425. The van der Waals surface area contributed by atoms with Gasteiger partial charge in [0.1, 0.15) is 17.4 Å². The van der Waals surface area contributed by atoms with Crippen LogP contribution in [0.3, 0.4) is 0 Å². The molecule has 0 aliphatic rings. The van der Waals surface area contributed by atoms with Crippen molar-refractivity contribution in [2.45, 2.75) is 0 Å². The van der Waals surface area contributed by atoms with Crippen molar-refractivity contribution in [3.63, 3.8) is 0 Å². The van der Waals surface area contributed by atoms with E-state index in [1.807, 2.05) is 12.1 Å². The monoisotopic (exact) mass is 323 g/mol. The van der Waals surface area contributed by atoms with Crippen LogP contribution in [0.4, 0.5) is 11.4 Å². The van der Waals surface area contributed by atoms with E-state index >= 15 is 0 Å². The van der Waals surface area contributed by atoms with Gasteiger partial charge < -0.3 is 10.1 Å². The molecule has 0 radical (unpaired) electrons. The van der Waals surface area contributed by atoms with Gasteiger partial charge >= 0.3 is 0 Å². The number of anilines is 1. The second-order valence-corrected chi connectivity index (χ2v) is 4.68. The summed E-state index contributed by atoms with van der Waals surface area (Å²) in [6, 6.07) is 14.5. The van der Waals surface area contributed by atoms with Gasteiger partial charge in [-0.05, 0) is 17.7 Å². The van der Waals surface area contributed by atoms with E-state index in [1.54, 1.807) is 24.3 Å². The van der Waals surface area contributed by atoms with E-state index in [1.165, 1.54) is 31.4 Å². The lowest BCUT2D eigenvalue weighted by molar-refractivity contribution is -0.384. The Morgan fingerprint density at radius 1 is 1.29 bits per heavy atom. The lowest BCUT2D eigenvalue weighted by atomic mass is 10.1. The van der Waals surface area contributed by atoms with E-state index in [0.717, 1.165) is 0 Å². The molecular weight excluding hydrogens is 310 g/mol. The minimum absolute atomic E-state index is 0.117. The van der Waals surface area contributed by atoms with Crippen molar-refractivity contribution >= 4 is 23.4 Å². The summed E-state index contributed by atoms with van der Waals surface area (Å²) in [4.78, 5) is 22.5. The highest BCUT2D eigenvalue weighted by Crippen LogP contribution is 2.29. The topological polar surface area (TPSA) is 105 Å². The second-order valence-electron chi connectivity index (χ2n) is 4.68. The number of nitro groups is 1. The van der Waals surface area contributed by atoms with Crippen molar-refractivity contribution in [3.8, 4) is 11.8 Å². The van der Waals surface area contributed by atoms with Gasteiger partial charge in [0.25, 0.3) is 11.6 Å². The average Bonchev–Trinajstić information content (AvgIpc) is 2.60. The summed E-state index contributed by atoms with van der Waals surface area (Å²) in [5, 5.41) is 22.5. The zero-order valence-corrected chi connectivity index (χ0v) is 12.7. The minimum atomic E-state index is -0.680. The fourth-order valence-electron chi connectivity index (χ4n) is 1.96. The molecule has 0 bridgehead atoms. The van der Waals surface area contributed by atoms with Crippen LogP contribution in [0.5, 0.6) is 5.75 Å². The molecule has 0 fully saturated rings. The molecule has 0 aliphatic heterocycles. The number of hydrogen-bond acceptors (Lipinski definition) is 5. The van der Waals surface area contributed by atoms with Crippen LogP contribution in [0.2, 0.25) is 0 Å². The predicted octanol–water partition coefficient (Wildman–Crippen LogP) is 3.15. The molecule has 1 amide bonds. The molecular formula is C17H13N3O4. The Labute approximate surface area is 137 Å². The number of nitrogens with zero attached hydrogens (tertiary/aromatic N) is 2. The molecule has 2 rings (SSSR count). The molecule has 0 aliphatic carbocycles. The number of non-ortho nitro benzene ring substituents is 1. The van der Waals surface area contributed by atoms with Crippen LogP contribution in [-0.2, 0) is 4.79 Å². The zero-order chi connectivity index (χ0) is 17.5. The number of carbonyl (C=O) groups is 1. The van der Waals surface area contributed by atoms with Gasteiger partial charge in [-0.2, -0.15) is 5.26 Å². The number of carbonyl (C=O) groups excluding carboxylic acids is 1. The van der Waals surface area contributed by atoms with E-state index in [4.69, 9.17) is 4.74 Å². The van der Waals surface area contributed by atoms with Crippen molar-refractivity contribution in [2.75, 3.05) is 12.4 Å². The Bertz CT molecular complexity index is 839. The highest BCUT2D eigenvalue weighted by Gasteiger charge is 2.16. The number of nitriles is 1. The van der Waals surface area contributed by atoms with Gasteiger partial charge in [-0.1, -0.05) is 30.3 Å². The number of ether oxygens (including phenoxy) is 1. The van der Waals surface area contributed by atoms with Crippen molar-refractivity contribution in [3.05, 3.63) is 69.8 Å². The van der Waals surface area contributed by atoms with Crippen molar-refractivity contribution in [1.82, 2.24) is 0 Å². The molecule has 0 aromatic heterocycles. The molecule has 0 atom stereocenters. The van der Waals surface area contributed by atoms with Crippen LogP contribution in [0, 0.1) is 21.4 Å². The normalized spacial score (nSPS) is 10.6. The number of nitro benzene ring substituents is 1. The quantitative estimate of drug-likeness (QED) is 0.394. The van der Waals surface area contributed by atoms with Crippen LogP contribution >= 0.6 is 0 Å². The maximum Gasteiger partial charge on any atom is 0.271 e. The third kappa shape index (κ3) is 3.96. The van der Waals surface area contributed by atoms with Gasteiger partial charge in [0.15, 0.2) is 0 Å². The highest BCUT2D eigenvalue weighted by molar-refractivity contribution is 6.10. The Morgan fingerprint density at radius 3 is 2.58 bits per heavy atom. The smallest absolute Gasteiger partial charge is 0.271 e. The molecule has 0 heterocycles. The van der Waals surface area contributed by atoms with Crippen molar-refractivity contribution in [2.24, 2.45) is 0 Å². The average molecular weight is 323 g/mol. The molecule has 0 unspecified atom stereocenters. The van der Waals surface area contributed by atoms with E-state index in [2.05, 4.69) is 5.32 Å². The molecule has 0 saturated carbocycles. The van der Waals surface area contributed by atoms with E-state index < -0.39 is 10.8 Å². The summed E-state index contributed by atoms with van der Waals surface area (Å²) < 4.78 is 5.07. The summed E-state index contributed by atoms with van der Waals surface area (Å²) in [6.45, 7) is 0. The highest BCUT2D eigenvalue weighted by atomic mass is 16.6. The second kappa shape index (κ2) is 7.56. The van der Waals surface area contributed by atoms with E-state index in [9.17, 15) is 20.2 Å². The Morgan fingerprint density at radius 2 is 2.00 bits per heavy atom. The number of benzene rings is 2. The number of hydrogen-bond donors (Lipinski definition) is 1. The molecule has 2 aromatic rings. The van der Waals surface area contributed by atoms with Gasteiger partial charge in [0, 0.05) is 12.1 Å². The van der Waals surface area contributed by atoms with E-state index in [-0.39, 0.29) is 22.7 Å². The molecule has 1 N–H and O–H groups in total. The van der Waals surface area contributed by atoms with E-state index in [0.29, 0.717) is 5.56 Å². The Balaban J connectivity index is 2.31.